The van der Waals surface area contributed by atoms with Gasteiger partial charge < -0.3 is 10.6 Å². The van der Waals surface area contributed by atoms with E-state index in [-0.39, 0.29) is 0 Å². The lowest BCUT2D eigenvalue weighted by atomic mass is 10.4. The molecule has 0 saturated heterocycles. The Morgan fingerprint density at radius 2 is 2.22 bits per heavy atom. The van der Waals surface area contributed by atoms with Crippen molar-refractivity contribution in [3.05, 3.63) is 0 Å². The first-order valence-corrected chi connectivity index (χ1v) is 3.29. The lowest BCUT2D eigenvalue weighted by Gasteiger charge is -1.98. The summed E-state index contributed by atoms with van der Waals surface area (Å²) in [6.07, 6.45) is 1.73. The van der Waals surface area contributed by atoms with Crippen molar-refractivity contribution < 1.29 is 4.79 Å². The molecule has 0 radical (unpaired) electrons. The van der Waals surface area contributed by atoms with Gasteiger partial charge in [0.25, 0.3) is 0 Å². The number of rotatable bonds is 6. The van der Waals surface area contributed by atoms with Crippen LogP contribution in [0.25, 0.3) is 0 Å². The maximum absolute atomic E-state index is 9.71. The Morgan fingerprint density at radius 3 is 2.78 bits per heavy atom. The highest BCUT2D eigenvalue weighted by Gasteiger charge is 1.82. The predicted octanol–water partition coefficient (Wildman–Crippen LogP) is -0.268. The van der Waals surface area contributed by atoms with E-state index < -0.39 is 0 Å². The molecule has 54 valence electrons. The van der Waals surface area contributed by atoms with Crippen molar-refractivity contribution in [2.75, 3.05) is 19.6 Å². The lowest BCUT2D eigenvalue weighted by Crippen LogP contribution is -2.20. The quantitative estimate of drug-likeness (QED) is 0.384. The Balaban J connectivity index is 2.66. The van der Waals surface area contributed by atoms with E-state index in [2.05, 4.69) is 17.6 Å². The van der Waals surface area contributed by atoms with Gasteiger partial charge in [-0.3, -0.25) is 4.79 Å². The molecule has 3 nitrogen and oxygen atoms in total. The van der Waals surface area contributed by atoms with Gasteiger partial charge in [0.2, 0.25) is 6.41 Å². The molecule has 0 fully saturated rings. The van der Waals surface area contributed by atoms with Crippen LogP contribution < -0.4 is 10.6 Å². The van der Waals surface area contributed by atoms with E-state index in [0.717, 1.165) is 32.5 Å². The maximum atomic E-state index is 9.71. The van der Waals surface area contributed by atoms with E-state index in [1.54, 1.807) is 0 Å². The summed E-state index contributed by atoms with van der Waals surface area (Å²) in [4.78, 5) is 9.71. The molecule has 9 heavy (non-hydrogen) atoms. The molecule has 0 bridgehead atoms. The fraction of sp³-hybridized carbons (Fsp3) is 0.833. The summed E-state index contributed by atoms with van der Waals surface area (Å²) in [5.74, 6) is 0. The maximum Gasteiger partial charge on any atom is 0.207 e. The van der Waals surface area contributed by atoms with E-state index >= 15 is 0 Å². The number of hydrogen-bond acceptors (Lipinski definition) is 2. The normalized spacial score (nSPS) is 9.00. The molecular weight excluding hydrogens is 116 g/mol. The number of carbonyl (C=O) groups excluding carboxylic acids is 1. The minimum atomic E-state index is 0.728. The van der Waals surface area contributed by atoms with Crippen molar-refractivity contribution in [3.63, 3.8) is 0 Å². The standard InChI is InChI=1S/C6H14N2O/c1-2-7-4-3-5-8-6-9/h6-7H,2-5H2,1H3,(H,8,9). The largest absolute Gasteiger partial charge is 0.359 e. The molecule has 0 atom stereocenters. The van der Waals surface area contributed by atoms with Gasteiger partial charge in [-0.05, 0) is 19.5 Å². The van der Waals surface area contributed by atoms with Gasteiger partial charge in [-0.15, -0.1) is 0 Å². The van der Waals surface area contributed by atoms with Gasteiger partial charge in [0.1, 0.15) is 0 Å². The molecule has 0 aromatic heterocycles. The molecular formula is C6H14N2O. The van der Waals surface area contributed by atoms with E-state index in [4.69, 9.17) is 0 Å². The summed E-state index contributed by atoms with van der Waals surface area (Å²) in [5, 5.41) is 5.74. The Kier molecular flexibility index (Phi) is 6.96. The van der Waals surface area contributed by atoms with Crippen LogP contribution in [-0.4, -0.2) is 26.0 Å². The van der Waals surface area contributed by atoms with Gasteiger partial charge in [0.05, 0.1) is 0 Å². The number of carbonyl (C=O) groups is 1. The van der Waals surface area contributed by atoms with E-state index in [0.29, 0.717) is 0 Å². The molecule has 2 N–H and O–H groups in total. The smallest absolute Gasteiger partial charge is 0.207 e. The SMILES string of the molecule is CCNCCCNC=O. The third-order valence-corrected chi connectivity index (χ3v) is 1.01. The third-order valence-electron chi connectivity index (χ3n) is 1.01. The van der Waals surface area contributed by atoms with Crippen LogP contribution in [0.3, 0.4) is 0 Å². The monoisotopic (exact) mass is 130 g/mol. The molecule has 0 aliphatic rings. The minimum absolute atomic E-state index is 0.728. The predicted molar refractivity (Wildman–Crippen MR) is 37.2 cm³/mol. The second-order valence-corrected chi connectivity index (χ2v) is 1.78. The average Bonchev–Trinajstić information content (AvgIpc) is 1.89. The van der Waals surface area contributed by atoms with Crippen molar-refractivity contribution in [1.82, 2.24) is 10.6 Å². The van der Waals surface area contributed by atoms with Crippen LogP contribution in [0.15, 0.2) is 0 Å². The highest BCUT2D eigenvalue weighted by Crippen LogP contribution is 1.69. The first kappa shape index (κ1) is 8.43. The van der Waals surface area contributed by atoms with Gasteiger partial charge >= 0.3 is 0 Å². The van der Waals surface area contributed by atoms with Crippen LogP contribution >= 0.6 is 0 Å². The highest BCUT2D eigenvalue weighted by molar-refractivity contribution is 5.45. The molecule has 0 aromatic carbocycles. The molecule has 0 unspecified atom stereocenters. The molecule has 3 heteroatoms. The van der Waals surface area contributed by atoms with Crippen molar-refractivity contribution in [3.8, 4) is 0 Å². The molecule has 0 rings (SSSR count). The fourth-order valence-electron chi connectivity index (χ4n) is 0.551. The molecule has 0 saturated carbocycles. The van der Waals surface area contributed by atoms with E-state index in [1.807, 2.05) is 0 Å². The summed E-state index contributed by atoms with van der Waals surface area (Å²) in [7, 11) is 0. The Morgan fingerprint density at radius 1 is 1.44 bits per heavy atom. The topological polar surface area (TPSA) is 41.1 Å². The zero-order chi connectivity index (χ0) is 6.95. The van der Waals surface area contributed by atoms with Gasteiger partial charge in [0.15, 0.2) is 0 Å². The summed E-state index contributed by atoms with van der Waals surface area (Å²) in [6.45, 7) is 4.82. The third kappa shape index (κ3) is 7.43. The van der Waals surface area contributed by atoms with Crippen LogP contribution in [0.2, 0.25) is 0 Å². The molecule has 1 amide bonds. The van der Waals surface area contributed by atoms with Crippen LogP contribution in [0, 0.1) is 0 Å². The summed E-state index contributed by atoms with van der Waals surface area (Å²) in [5.41, 5.74) is 0. The fourth-order valence-corrected chi connectivity index (χ4v) is 0.551. The molecule has 0 spiro atoms. The first-order chi connectivity index (χ1) is 4.41. The molecule has 0 heterocycles. The number of nitrogens with one attached hydrogen (secondary N) is 2. The molecule has 0 aliphatic carbocycles. The summed E-state index contributed by atoms with van der Waals surface area (Å²) in [6, 6.07) is 0. The van der Waals surface area contributed by atoms with E-state index in [9.17, 15) is 4.79 Å². The van der Waals surface area contributed by atoms with Gasteiger partial charge in [0, 0.05) is 6.54 Å². The van der Waals surface area contributed by atoms with E-state index in [1.165, 1.54) is 0 Å². The summed E-state index contributed by atoms with van der Waals surface area (Å²) < 4.78 is 0. The van der Waals surface area contributed by atoms with Crippen LogP contribution in [0.4, 0.5) is 0 Å². The number of hydrogen-bond donors (Lipinski definition) is 2. The number of amides is 1. The summed E-state index contributed by atoms with van der Waals surface area (Å²) >= 11 is 0. The van der Waals surface area contributed by atoms with Gasteiger partial charge in [-0.25, -0.2) is 0 Å². The zero-order valence-corrected chi connectivity index (χ0v) is 5.81. The Hall–Kier alpha value is -0.570. The second kappa shape index (κ2) is 7.43. The van der Waals surface area contributed by atoms with Gasteiger partial charge in [-0.1, -0.05) is 6.92 Å². The van der Waals surface area contributed by atoms with Crippen molar-refractivity contribution in [1.29, 1.82) is 0 Å². The Labute approximate surface area is 55.8 Å². The lowest BCUT2D eigenvalue weighted by molar-refractivity contribution is -0.109. The Bertz CT molecular complexity index is 66.1. The van der Waals surface area contributed by atoms with Crippen molar-refractivity contribution >= 4 is 6.41 Å². The molecule has 0 aromatic rings. The minimum Gasteiger partial charge on any atom is -0.359 e. The van der Waals surface area contributed by atoms with Crippen LogP contribution in [-0.2, 0) is 4.79 Å². The first-order valence-electron chi connectivity index (χ1n) is 3.29. The zero-order valence-electron chi connectivity index (χ0n) is 5.81. The van der Waals surface area contributed by atoms with Crippen molar-refractivity contribution in [2.24, 2.45) is 0 Å². The molecule has 0 aliphatic heterocycles. The highest BCUT2D eigenvalue weighted by atomic mass is 16.1. The van der Waals surface area contributed by atoms with Crippen molar-refractivity contribution in [2.45, 2.75) is 13.3 Å². The van der Waals surface area contributed by atoms with Crippen LogP contribution in [0.1, 0.15) is 13.3 Å². The van der Waals surface area contributed by atoms with Crippen LogP contribution in [0.5, 0.6) is 0 Å². The van der Waals surface area contributed by atoms with Gasteiger partial charge in [-0.2, -0.15) is 0 Å². The second-order valence-electron chi connectivity index (χ2n) is 1.78. The average molecular weight is 130 g/mol.